The zero-order valence-electron chi connectivity index (χ0n) is 14.3. The van der Waals surface area contributed by atoms with E-state index in [1.807, 2.05) is 0 Å². The molecule has 0 bridgehead atoms. The molecule has 0 saturated heterocycles. The van der Waals surface area contributed by atoms with Gasteiger partial charge in [0.1, 0.15) is 8.07 Å². The van der Waals surface area contributed by atoms with Crippen LogP contribution in [-0.2, 0) is 0 Å². The van der Waals surface area contributed by atoms with Crippen molar-refractivity contribution < 1.29 is 0 Å². The van der Waals surface area contributed by atoms with Crippen LogP contribution in [0.15, 0.2) is 78.0 Å². The predicted molar refractivity (Wildman–Crippen MR) is 105 cm³/mol. The zero-order chi connectivity index (χ0) is 16.1. The molecule has 0 N–H and O–H groups in total. The normalized spacial score (nSPS) is 16.6. The van der Waals surface area contributed by atoms with Crippen molar-refractivity contribution in [3.8, 4) is 0 Å². The molecular weight excluding hydrogens is 292 g/mol. The zero-order valence-corrected chi connectivity index (χ0v) is 15.3. The molecular formula is C22H26Si. The summed E-state index contributed by atoms with van der Waals surface area (Å²) < 4.78 is 0. The van der Waals surface area contributed by atoms with E-state index >= 15 is 0 Å². The summed E-state index contributed by atoms with van der Waals surface area (Å²) in [4.78, 5) is 0. The van der Waals surface area contributed by atoms with Gasteiger partial charge in [0, 0.05) is 0 Å². The number of hydrogen-bond acceptors (Lipinski definition) is 0. The minimum absolute atomic E-state index is 1.13. The van der Waals surface area contributed by atoms with E-state index in [1.165, 1.54) is 30.0 Å². The van der Waals surface area contributed by atoms with E-state index in [-0.39, 0.29) is 0 Å². The van der Waals surface area contributed by atoms with Gasteiger partial charge >= 0.3 is 0 Å². The van der Waals surface area contributed by atoms with Crippen LogP contribution in [0.1, 0.15) is 31.7 Å². The van der Waals surface area contributed by atoms with E-state index in [2.05, 4.69) is 86.3 Å². The van der Waals surface area contributed by atoms with Gasteiger partial charge < -0.3 is 0 Å². The lowest BCUT2D eigenvalue weighted by atomic mass is 10.1. The molecule has 1 aliphatic rings. The summed E-state index contributed by atoms with van der Waals surface area (Å²) in [6.45, 7) is 4.88. The van der Waals surface area contributed by atoms with E-state index in [0.717, 1.165) is 6.42 Å². The summed E-state index contributed by atoms with van der Waals surface area (Å²) in [5.41, 5.74) is 2.86. The molecule has 0 nitrogen and oxygen atoms in total. The summed E-state index contributed by atoms with van der Waals surface area (Å²) in [5.74, 6) is 0. The summed E-state index contributed by atoms with van der Waals surface area (Å²) in [6, 6.07) is 23.5. The molecule has 1 atom stereocenters. The van der Waals surface area contributed by atoms with Gasteiger partial charge in [0.25, 0.3) is 0 Å². The Bertz CT molecular complexity index is 697. The predicted octanol–water partition coefficient (Wildman–Crippen LogP) is 5.73. The maximum Gasteiger partial charge on any atom is 0.111 e. The summed E-state index contributed by atoms with van der Waals surface area (Å²) >= 11 is 0. The fourth-order valence-corrected chi connectivity index (χ4v) is 8.04. The Morgan fingerprint density at radius 2 is 1.57 bits per heavy atom. The molecule has 0 aliphatic heterocycles. The van der Waals surface area contributed by atoms with Crippen molar-refractivity contribution in [2.45, 2.75) is 38.8 Å². The van der Waals surface area contributed by atoms with Crippen molar-refractivity contribution in [1.82, 2.24) is 0 Å². The second-order valence-corrected chi connectivity index (χ2v) is 11.0. The second kappa shape index (κ2) is 7.14. The summed E-state index contributed by atoms with van der Waals surface area (Å²) in [7, 11) is -1.64. The lowest BCUT2D eigenvalue weighted by molar-refractivity contribution is 0.870. The maximum absolute atomic E-state index is 2.57. The highest BCUT2D eigenvalue weighted by molar-refractivity contribution is 6.97. The van der Waals surface area contributed by atoms with E-state index in [9.17, 15) is 0 Å². The highest BCUT2D eigenvalue weighted by atomic mass is 28.3. The van der Waals surface area contributed by atoms with Crippen molar-refractivity contribution in [1.29, 1.82) is 0 Å². The monoisotopic (exact) mass is 318 g/mol. The van der Waals surface area contributed by atoms with Crippen LogP contribution in [0.25, 0.3) is 5.57 Å². The first-order chi connectivity index (χ1) is 11.3. The van der Waals surface area contributed by atoms with Gasteiger partial charge in [0.2, 0.25) is 0 Å². The molecule has 0 heterocycles. The Morgan fingerprint density at radius 1 is 0.913 bits per heavy atom. The van der Waals surface area contributed by atoms with Crippen LogP contribution in [0.5, 0.6) is 0 Å². The molecule has 1 aliphatic carbocycles. The first-order valence-corrected chi connectivity index (χ1v) is 11.5. The SMILES string of the molecule is CCCC[Si](C)(C1=C(c2ccccc2)C=CC1)c1ccccc1. The Kier molecular flexibility index (Phi) is 4.97. The minimum Gasteiger partial charge on any atom is -0.0802 e. The molecule has 0 saturated carbocycles. The fourth-order valence-electron chi connectivity index (χ4n) is 3.72. The third-order valence-electron chi connectivity index (χ3n) is 5.12. The van der Waals surface area contributed by atoms with Crippen molar-refractivity contribution in [3.63, 3.8) is 0 Å². The highest BCUT2D eigenvalue weighted by Gasteiger charge is 2.35. The van der Waals surface area contributed by atoms with Crippen LogP contribution in [0.2, 0.25) is 12.6 Å². The van der Waals surface area contributed by atoms with Gasteiger partial charge in [0.05, 0.1) is 0 Å². The fraction of sp³-hybridized carbons (Fsp3) is 0.273. The number of allylic oxidation sites excluding steroid dienone is 4. The van der Waals surface area contributed by atoms with Gasteiger partial charge in [-0.2, -0.15) is 0 Å². The first kappa shape index (κ1) is 16.0. The Labute approximate surface area is 141 Å². The molecule has 23 heavy (non-hydrogen) atoms. The smallest absolute Gasteiger partial charge is 0.0802 e. The van der Waals surface area contributed by atoms with Crippen LogP contribution in [-0.4, -0.2) is 8.07 Å². The van der Waals surface area contributed by atoms with Gasteiger partial charge in [-0.1, -0.05) is 110 Å². The number of unbranched alkanes of at least 4 members (excludes halogenated alkanes) is 1. The summed E-state index contributed by atoms with van der Waals surface area (Å²) in [5, 5.41) is 3.30. The standard InChI is InChI=1S/C22H26Si/c1-3-4-18-23(2,20-14-9-6-10-15-20)22-17-11-16-21(22)19-12-7-5-8-13-19/h5-16H,3-4,17-18H2,1-2H3. The maximum atomic E-state index is 2.57. The number of hydrogen-bond donors (Lipinski definition) is 0. The molecule has 1 unspecified atom stereocenters. The van der Waals surface area contributed by atoms with Crippen LogP contribution in [0.4, 0.5) is 0 Å². The molecule has 0 radical (unpaired) electrons. The minimum atomic E-state index is -1.64. The molecule has 2 aromatic carbocycles. The molecule has 3 rings (SSSR count). The Hall–Kier alpha value is -1.86. The lowest BCUT2D eigenvalue weighted by Gasteiger charge is -2.31. The van der Waals surface area contributed by atoms with Gasteiger partial charge in [-0.25, -0.2) is 0 Å². The van der Waals surface area contributed by atoms with Gasteiger partial charge in [-0.15, -0.1) is 0 Å². The molecule has 1 heteroatoms. The van der Waals surface area contributed by atoms with Crippen molar-refractivity contribution in [3.05, 3.63) is 83.6 Å². The van der Waals surface area contributed by atoms with Crippen LogP contribution in [0.3, 0.4) is 0 Å². The van der Waals surface area contributed by atoms with Crippen LogP contribution < -0.4 is 5.19 Å². The second-order valence-electron chi connectivity index (χ2n) is 6.67. The summed E-state index contributed by atoms with van der Waals surface area (Å²) in [6.07, 6.45) is 8.44. The largest absolute Gasteiger partial charge is 0.111 e. The topological polar surface area (TPSA) is 0 Å². The lowest BCUT2D eigenvalue weighted by Crippen LogP contribution is -2.46. The van der Waals surface area contributed by atoms with Crippen LogP contribution >= 0.6 is 0 Å². The molecule has 0 spiro atoms. The quantitative estimate of drug-likeness (QED) is 0.597. The highest BCUT2D eigenvalue weighted by Crippen LogP contribution is 2.36. The van der Waals surface area contributed by atoms with E-state index in [4.69, 9.17) is 0 Å². The Morgan fingerprint density at radius 3 is 2.22 bits per heavy atom. The molecule has 0 fully saturated rings. The van der Waals surface area contributed by atoms with E-state index < -0.39 is 8.07 Å². The van der Waals surface area contributed by atoms with Gasteiger partial charge in [-0.05, 0) is 23.6 Å². The third-order valence-corrected chi connectivity index (χ3v) is 9.89. The van der Waals surface area contributed by atoms with E-state index in [1.54, 1.807) is 10.4 Å². The molecule has 2 aromatic rings. The average molecular weight is 319 g/mol. The third kappa shape index (κ3) is 3.25. The number of benzene rings is 2. The van der Waals surface area contributed by atoms with Crippen LogP contribution in [0, 0.1) is 0 Å². The van der Waals surface area contributed by atoms with Crippen molar-refractivity contribution in [2.75, 3.05) is 0 Å². The Balaban J connectivity index is 2.09. The van der Waals surface area contributed by atoms with E-state index in [0.29, 0.717) is 0 Å². The van der Waals surface area contributed by atoms with Crippen molar-refractivity contribution in [2.24, 2.45) is 0 Å². The van der Waals surface area contributed by atoms with Gasteiger partial charge in [-0.3, -0.25) is 0 Å². The first-order valence-electron chi connectivity index (χ1n) is 8.77. The van der Waals surface area contributed by atoms with Gasteiger partial charge in [0.15, 0.2) is 0 Å². The molecule has 0 amide bonds. The molecule has 0 aromatic heterocycles. The number of rotatable bonds is 6. The molecule has 118 valence electrons. The van der Waals surface area contributed by atoms with Crippen molar-refractivity contribution >= 4 is 18.8 Å². The average Bonchev–Trinajstić information content (AvgIpc) is 3.11.